The van der Waals surface area contributed by atoms with Crippen LogP contribution >= 0.6 is 0 Å². The summed E-state index contributed by atoms with van der Waals surface area (Å²) in [6.07, 6.45) is 0.590. The Hall–Kier alpha value is -1.10. The Labute approximate surface area is 83.6 Å². The molecule has 0 bridgehead atoms. The molecule has 14 heavy (non-hydrogen) atoms. The summed E-state index contributed by atoms with van der Waals surface area (Å²) < 4.78 is 0. The van der Waals surface area contributed by atoms with E-state index >= 15 is 0 Å². The zero-order valence-corrected chi connectivity index (χ0v) is 8.43. The van der Waals surface area contributed by atoms with E-state index < -0.39 is 0 Å². The quantitative estimate of drug-likeness (QED) is 0.490. The van der Waals surface area contributed by atoms with Crippen molar-refractivity contribution in [2.75, 3.05) is 26.2 Å². The molecule has 0 spiro atoms. The predicted molar refractivity (Wildman–Crippen MR) is 52.7 cm³/mol. The number of carbonyl (C=O) groups is 2. The molecular weight excluding hydrogens is 182 g/mol. The third kappa shape index (κ3) is 4.23. The molecule has 0 aliphatic carbocycles. The number of carbonyl (C=O) groups excluding carboxylic acids is 2. The second-order valence-corrected chi connectivity index (χ2v) is 3.56. The number of hydrogen-bond acceptors (Lipinski definition) is 3. The Morgan fingerprint density at radius 2 is 1.93 bits per heavy atom. The van der Waals surface area contributed by atoms with Crippen LogP contribution in [0.15, 0.2) is 0 Å². The molecule has 1 fully saturated rings. The summed E-state index contributed by atoms with van der Waals surface area (Å²) in [6.45, 7) is 4.36. The van der Waals surface area contributed by atoms with Crippen molar-refractivity contribution in [3.63, 3.8) is 0 Å². The van der Waals surface area contributed by atoms with Crippen LogP contribution in [0.5, 0.6) is 0 Å². The lowest BCUT2D eigenvalue weighted by molar-refractivity contribution is -0.123. The van der Waals surface area contributed by atoms with E-state index in [0.717, 1.165) is 13.1 Å². The molecule has 5 nitrogen and oxygen atoms in total. The molecule has 1 rings (SSSR count). The fraction of sp³-hybridized carbons (Fsp3) is 0.778. The van der Waals surface area contributed by atoms with Crippen LogP contribution in [0.25, 0.3) is 0 Å². The third-order valence-corrected chi connectivity index (χ3v) is 2.16. The van der Waals surface area contributed by atoms with Gasteiger partial charge >= 0.3 is 0 Å². The minimum Gasteiger partial charge on any atom is -0.355 e. The molecule has 0 aromatic carbocycles. The van der Waals surface area contributed by atoms with Gasteiger partial charge in [0.15, 0.2) is 0 Å². The van der Waals surface area contributed by atoms with Gasteiger partial charge in [-0.3, -0.25) is 9.59 Å². The lowest BCUT2D eigenvalue weighted by atomic mass is 9.99. The van der Waals surface area contributed by atoms with Crippen LogP contribution in [0.1, 0.15) is 13.3 Å². The van der Waals surface area contributed by atoms with Gasteiger partial charge in [0.25, 0.3) is 0 Å². The van der Waals surface area contributed by atoms with Gasteiger partial charge in [-0.25, -0.2) is 0 Å². The molecule has 5 heteroatoms. The van der Waals surface area contributed by atoms with Crippen molar-refractivity contribution in [3.05, 3.63) is 0 Å². The van der Waals surface area contributed by atoms with Gasteiger partial charge in [-0.05, 0) is 19.0 Å². The number of hydrogen-bond donors (Lipinski definition) is 3. The summed E-state index contributed by atoms with van der Waals surface area (Å²) in [6, 6.07) is 0. The molecule has 80 valence electrons. The first-order chi connectivity index (χ1) is 6.68. The van der Waals surface area contributed by atoms with Gasteiger partial charge in [-0.2, -0.15) is 0 Å². The van der Waals surface area contributed by atoms with Gasteiger partial charge in [0.2, 0.25) is 11.8 Å². The first kappa shape index (κ1) is 11.0. The molecule has 1 saturated heterocycles. The Morgan fingerprint density at radius 1 is 1.29 bits per heavy atom. The second kappa shape index (κ2) is 5.59. The zero-order valence-electron chi connectivity index (χ0n) is 8.43. The molecule has 0 atom stereocenters. The van der Waals surface area contributed by atoms with Gasteiger partial charge in [0.1, 0.15) is 0 Å². The molecule has 1 aliphatic rings. The first-order valence-corrected chi connectivity index (χ1v) is 4.90. The highest BCUT2D eigenvalue weighted by molar-refractivity contribution is 5.76. The standard InChI is InChI=1S/C9H17N3O2/c1-7(13)11-2-3-12-9(14)4-8-5-10-6-8/h8,10H,2-6H2,1H3,(H,11,13)(H,12,14). The monoisotopic (exact) mass is 199 g/mol. The summed E-state index contributed by atoms with van der Waals surface area (Å²) in [5.74, 6) is 0.500. The van der Waals surface area contributed by atoms with Crippen molar-refractivity contribution >= 4 is 11.8 Å². The normalized spacial score (nSPS) is 15.8. The fourth-order valence-electron chi connectivity index (χ4n) is 1.27. The third-order valence-electron chi connectivity index (χ3n) is 2.16. The molecule has 0 radical (unpaired) electrons. The summed E-state index contributed by atoms with van der Waals surface area (Å²) in [5.41, 5.74) is 0. The van der Waals surface area contributed by atoms with Crippen molar-refractivity contribution in [3.8, 4) is 0 Å². The fourth-order valence-corrected chi connectivity index (χ4v) is 1.27. The second-order valence-electron chi connectivity index (χ2n) is 3.56. The Kier molecular flexibility index (Phi) is 4.39. The smallest absolute Gasteiger partial charge is 0.220 e. The first-order valence-electron chi connectivity index (χ1n) is 4.90. The van der Waals surface area contributed by atoms with Gasteiger partial charge in [-0.15, -0.1) is 0 Å². The molecule has 0 aromatic heterocycles. The van der Waals surface area contributed by atoms with Gasteiger partial charge < -0.3 is 16.0 Å². The molecule has 0 saturated carbocycles. The highest BCUT2D eigenvalue weighted by Crippen LogP contribution is 2.06. The van der Waals surface area contributed by atoms with E-state index in [1.54, 1.807) is 0 Å². The topological polar surface area (TPSA) is 70.2 Å². The van der Waals surface area contributed by atoms with E-state index in [2.05, 4.69) is 16.0 Å². The van der Waals surface area contributed by atoms with E-state index in [-0.39, 0.29) is 11.8 Å². The maximum Gasteiger partial charge on any atom is 0.220 e. The number of rotatable bonds is 5. The highest BCUT2D eigenvalue weighted by Gasteiger charge is 2.19. The maximum absolute atomic E-state index is 11.2. The minimum atomic E-state index is -0.0672. The lowest BCUT2D eigenvalue weighted by Crippen LogP contribution is -2.45. The number of nitrogens with one attached hydrogen (secondary N) is 3. The van der Waals surface area contributed by atoms with Crippen molar-refractivity contribution in [1.82, 2.24) is 16.0 Å². The van der Waals surface area contributed by atoms with Crippen molar-refractivity contribution in [2.24, 2.45) is 5.92 Å². The van der Waals surface area contributed by atoms with Crippen LogP contribution in [-0.4, -0.2) is 38.0 Å². The van der Waals surface area contributed by atoms with Crippen LogP contribution in [0, 0.1) is 5.92 Å². The number of amides is 2. The maximum atomic E-state index is 11.2. The summed E-state index contributed by atoms with van der Waals surface area (Å²) >= 11 is 0. The Bertz CT molecular complexity index is 214. The van der Waals surface area contributed by atoms with E-state index in [0.29, 0.717) is 25.4 Å². The Balaban J connectivity index is 1.94. The van der Waals surface area contributed by atoms with E-state index in [1.165, 1.54) is 6.92 Å². The minimum absolute atomic E-state index is 0.0672. The van der Waals surface area contributed by atoms with E-state index in [9.17, 15) is 9.59 Å². The van der Waals surface area contributed by atoms with Crippen LogP contribution in [0.4, 0.5) is 0 Å². The highest BCUT2D eigenvalue weighted by atomic mass is 16.2. The van der Waals surface area contributed by atoms with Crippen LogP contribution < -0.4 is 16.0 Å². The predicted octanol–water partition coefficient (Wildman–Crippen LogP) is -1.15. The van der Waals surface area contributed by atoms with Gasteiger partial charge in [0.05, 0.1) is 0 Å². The average Bonchev–Trinajstić information content (AvgIpc) is 2.05. The molecule has 2 amide bonds. The van der Waals surface area contributed by atoms with Gasteiger partial charge in [-0.1, -0.05) is 0 Å². The average molecular weight is 199 g/mol. The van der Waals surface area contributed by atoms with Crippen LogP contribution in [-0.2, 0) is 9.59 Å². The van der Waals surface area contributed by atoms with Crippen LogP contribution in [0.2, 0.25) is 0 Å². The van der Waals surface area contributed by atoms with E-state index in [1.807, 2.05) is 0 Å². The lowest BCUT2D eigenvalue weighted by Gasteiger charge is -2.26. The van der Waals surface area contributed by atoms with Crippen molar-refractivity contribution in [2.45, 2.75) is 13.3 Å². The van der Waals surface area contributed by atoms with E-state index in [4.69, 9.17) is 0 Å². The SMILES string of the molecule is CC(=O)NCCNC(=O)CC1CNC1. The van der Waals surface area contributed by atoms with Crippen LogP contribution in [0.3, 0.4) is 0 Å². The Morgan fingerprint density at radius 3 is 2.43 bits per heavy atom. The molecule has 0 aromatic rings. The molecule has 3 N–H and O–H groups in total. The summed E-state index contributed by atoms with van der Waals surface area (Å²) in [5, 5.41) is 8.48. The molecule has 0 unspecified atom stereocenters. The molecule has 1 aliphatic heterocycles. The molecular formula is C9H17N3O2. The van der Waals surface area contributed by atoms with Crippen molar-refractivity contribution < 1.29 is 9.59 Å². The molecule has 1 heterocycles. The van der Waals surface area contributed by atoms with Gasteiger partial charge in [0, 0.05) is 26.4 Å². The summed E-state index contributed by atoms with van der Waals surface area (Å²) in [7, 11) is 0. The summed E-state index contributed by atoms with van der Waals surface area (Å²) in [4.78, 5) is 21.7. The van der Waals surface area contributed by atoms with Crippen molar-refractivity contribution in [1.29, 1.82) is 0 Å². The zero-order chi connectivity index (χ0) is 10.4. The largest absolute Gasteiger partial charge is 0.355 e.